The van der Waals surface area contributed by atoms with Crippen LogP contribution < -0.4 is 0 Å². The molecule has 2 nitrogen and oxygen atoms in total. The van der Waals surface area contributed by atoms with Crippen molar-refractivity contribution in [2.75, 3.05) is 6.54 Å². The molecule has 0 spiro atoms. The summed E-state index contributed by atoms with van der Waals surface area (Å²) >= 11 is 0. The predicted octanol–water partition coefficient (Wildman–Crippen LogP) is 1.13. The van der Waals surface area contributed by atoms with Crippen molar-refractivity contribution in [3.8, 4) is 0 Å². The molecule has 0 aromatic rings. The SMILES string of the molecule is C1=CC(OC2CC2)=NC1. The van der Waals surface area contributed by atoms with E-state index in [0.29, 0.717) is 6.10 Å². The molecule has 0 N–H and O–H groups in total. The predicted molar refractivity (Wildman–Crippen MR) is 35.5 cm³/mol. The molecule has 9 heavy (non-hydrogen) atoms. The summed E-state index contributed by atoms with van der Waals surface area (Å²) in [4.78, 5) is 4.10. The average Bonchev–Trinajstić information content (AvgIpc) is 2.46. The first-order valence-corrected chi connectivity index (χ1v) is 3.33. The van der Waals surface area contributed by atoms with Crippen LogP contribution in [-0.4, -0.2) is 18.5 Å². The second kappa shape index (κ2) is 1.87. The first-order valence-electron chi connectivity index (χ1n) is 3.33. The third kappa shape index (κ3) is 1.12. The average molecular weight is 123 g/mol. The van der Waals surface area contributed by atoms with Crippen LogP contribution >= 0.6 is 0 Å². The van der Waals surface area contributed by atoms with Gasteiger partial charge in [0.1, 0.15) is 6.10 Å². The molecule has 2 rings (SSSR count). The van der Waals surface area contributed by atoms with E-state index in [9.17, 15) is 0 Å². The molecule has 48 valence electrons. The summed E-state index contributed by atoms with van der Waals surface area (Å²) in [5.41, 5.74) is 0. The number of hydrogen-bond acceptors (Lipinski definition) is 2. The molecule has 0 amide bonds. The standard InChI is InChI=1S/C7H9NO/c1-2-7(8-5-1)9-6-3-4-6/h1-2,6H,3-5H2. The van der Waals surface area contributed by atoms with Gasteiger partial charge in [-0.1, -0.05) is 6.08 Å². The Bertz CT molecular complexity index is 168. The second-order valence-electron chi connectivity index (χ2n) is 2.40. The first-order chi connectivity index (χ1) is 4.45. The van der Waals surface area contributed by atoms with Crippen LogP contribution in [0.2, 0.25) is 0 Å². The molecule has 0 bridgehead atoms. The van der Waals surface area contributed by atoms with Crippen LogP contribution in [0.5, 0.6) is 0 Å². The van der Waals surface area contributed by atoms with E-state index in [4.69, 9.17) is 4.74 Å². The fourth-order valence-corrected chi connectivity index (χ4v) is 0.782. The van der Waals surface area contributed by atoms with E-state index < -0.39 is 0 Å². The van der Waals surface area contributed by atoms with Gasteiger partial charge >= 0.3 is 0 Å². The Balaban J connectivity index is 1.89. The molecule has 0 radical (unpaired) electrons. The topological polar surface area (TPSA) is 21.6 Å². The molecule has 0 aromatic carbocycles. The van der Waals surface area contributed by atoms with Crippen molar-refractivity contribution in [3.05, 3.63) is 12.2 Å². The highest BCUT2D eigenvalue weighted by molar-refractivity contribution is 5.89. The van der Waals surface area contributed by atoms with E-state index in [-0.39, 0.29) is 0 Å². The van der Waals surface area contributed by atoms with Gasteiger partial charge in [-0.3, -0.25) is 0 Å². The van der Waals surface area contributed by atoms with E-state index in [0.717, 1.165) is 12.4 Å². The van der Waals surface area contributed by atoms with Gasteiger partial charge in [0.05, 0.1) is 6.54 Å². The van der Waals surface area contributed by atoms with Crippen LogP contribution in [0.4, 0.5) is 0 Å². The van der Waals surface area contributed by atoms with Crippen LogP contribution in [-0.2, 0) is 4.74 Å². The van der Waals surface area contributed by atoms with E-state index in [2.05, 4.69) is 4.99 Å². The van der Waals surface area contributed by atoms with Crippen LogP contribution in [0.3, 0.4) is 0 Å². The van der Waals surface area contributed by atoms with Gasteiger partial charge in [0, 0.05) is 0 Å². The van der Waals surface area contributed by atoms with E-state index in [1.165, 1.54) is 12.8 Å². The summed E-state index contributed by atoms with van der Waals surface area (Å²) in [6, 6.07) is 0. The Labute approximate surface area is 54.2 Å². The summed E-state index contributed by atoms with van der Waals surface area (Å²) in [5.74, 6) is 0.831. The first kappa shape index (κ1) is 5.03. The molecule has 1 aliphatic carbocycles. The molecule has 0 aromatic heterocycles. The Morgan fingerprint density at radius 3 is 3.00 bits per heavy atom. The van der Waals surface area contributed by atoms with Gasteiger partial charge < -0.3 is 4.74 Å². The molecule has 0 saturated heterocycles. The van der Waals surface area contributed by atoms with Gasteiger partial charge in [-0.2, -0.15) is 0 Å². The summed E-state index contributed by atoms with van der Waals surface area (Å²) in [6.45, 7) is 0.808. The van der Waals surface area contributed by atoms with Crippen LogP contribution in [0.1, 0.15) is 12.8 Å². The molecule has 1 heterocycles. The fourth-order valence-electron chi connectivity index (χ4n) is 0.782. The van der Waals surface area contributed by atoms with Crippen molar-refractivity contribution in [1.82, 2.24) is 0 Å². The zero-order chi connectivity index (χ0) is 6.10. The van der Waals surface area contributed by atoms with Crippen LogP contribution in [0, 0.1) is 0 Å². The van der Waals surface area contributed by atoms with Gasteiger partial charge in [-0.05, 0) is 18.9 Å². The third-order valence-electron chi connectivity index (χ3n) is 1.42. The molecular formula is C7H9NO. The highest BCUT2D eigenvalue weighted by Crippen LogP contribution is 2.24. The van der Waals surface area contributed by atoms with E-state index in [1.807, 2.05) is 12.2 Å². The zero-order valence-electron chi connectivity index (χ0n) is 5.21. The maximum Gasteiger partial charge on any atom is 0.208 e. The molecule has 2 aliphatic rings. The Morgan fingerprint density at radius 2 is 2.44 bits per heavy atom. The largest absolute Gasteiger partial charge is 0.475 e. The van der Waals surface area contributed by atoms with Crippen molar-refractivity contribution >= 4 is 5.90 Å². The zero-order valence-corrected chi connectivity index (χ0v) is 5.21. The lowest BCUT2D eigenvalue weighted by Gasteiger charge is -1.98. The van der Waals surface area contributed by atoms with Crippen molar-refractivity contribution in [2.45, 2.75) is 18.9 Å². The minimum atomic E-state index is 0.492. The van der Waals surface area contributed by atoms with Crippen molar-refractivity contribution in [3.63, 3.8) is 0 Å². The molecule has 1 aliphatic heterocycles. The van der Waals surface area contributed by atoms with Crippen molar-refractivity contribution in [1.29, 1.82) is 0 Å². The molecule has 0 atom stereocenters. The number of rotatable bonds is 1. The second-order valence-corrected chi connectivity index (χ2v) is 2.40. The van der Waals surface area contributed by atoms with E-state index >= 15 is 0 Å². The summed E-state index contributed by atoms with van der Waals surface area (Å²) < 4.78 is 5.39. The highest BCUT2D eigenvalue weighted by Gasteiger charge is 2.24. The monoisotopic (exact) mass is 123 g/mol. The lowest BCUT2D eigenvalue weighted by atomic mass is 10.5. The number of ether oxygens (including phenoxy) is 1. The number of hydrogen-bond donors (Lipinski definition) is 0. The fraction of sp³-hybridized carbons (Fsp3) is 0.571. The molecular weight excluding hydrogens is 114 g/mol. The summed E-state index contributed by atoms with van der Waals surface area (Å²) in [6.07, 6.45) is 6.88. The van der Waals surface area contributed by atoms with Crippen molar-refractivity contribution < 1.29 is 4.74 Å². The Kier molecular flexibility index (Phi) is 1.04. The lowest BCUT2D eigenvalue weighted by molar-refractivity contribution is 0.292. The van der Waals surface area contributed by atoms with Gasteiger partial charge in [0.15, 0.2) is 0 Å². The van der Waals surface area contributed by atoms with E-state index in [1.54, 1.807) is 0 Å². The number of nitrogens with zero attached hydrogens (tertiary/aromatic N) is 1. The molecule has 1 saturated carbocycles. The Morgan fingerprint density at radius 1 is 1.56 bits per heavy atom. The number of aliphatic imine (C=N–C) groups is 1. The lowest BCUT2D eigenvalue weighted by Crippen LogP contribution is -2.00. The van der Waals surface area contributed by atoms with Gasteiger partial charge in [0.2, 0.25) is 5.90 Å². The van der Waals surface area contributed by atoms with Gasteiger partial charge in [-0.25, -0.2) is 4.99 Å². The maximum absolute atomic E-state index is 5.39. The smallest absolute Gasteiger partial charge is 0.208 e. The highest BCUT2D eigenvalue weighted by atomic mass is 16.5. The summed E-state index contributed by atoms with van der Waals surface area (Å²) in [5, 5.41) is 0. The van der Waals surface area contributed by atoms with Gasteiger partial charge in [0.25, 0.3) is 0 Å². The Hall–Kier alpha value is -0.790. The van der Waals surface area contributed by atoms with Crippen LogP contribution in [0.15, 0.2) is 17.1 Å². The summed E-state index contributed by atoms with van der Waals surface area (Å²) in [7, 11) is 0. The molecule has 1 fully saturated rings. The minimum absolute atomic E-state index is 0.492. The van der Waals surface area contributed by atoms with Gasteiger partial charge in [-0.15, -0.1) is 0 Å². The normalized spacial score (nSPS) is 24.2. The maximum atomic E-state index is 5.39. The minimum Gasteiger partial charge on any atom is -0.475 e. The molecule has 2 heteroatoms. The molecule has 0 unspecified atom stereocenters. The quantitative estimate of drug-likeness (QED) is 0.512. The van der Waals surface area contributed by atoms with Crippen molar-refractivity contribution in [2.24, 2.45) is 4.99 Å². The van der Waals surface area contributed by atoms with Crippen LogP contribution in [0.25, 0.3) is 0 Å². The third-order valence-corrected chi connectivity index (χ3v) is 1.42.